The third-order valence-electron chi connectivity index (χ3n) is 4.01. The summed E-state index contributed by atoms with van der Waals surface area (Å²) in [4.78, 5) is 23.9. The lowest BCUT2D eigenvalue weighted by atomic mass is 10.1. The van der Waals surface area contributed by atoms with Gasteiger partial charge in [-0.15, -0.1) is 22.7 Å². The van der Waals surface area contributed by atoms with Gasteiger partial charge in [0, 0.05) is 13.1 Å². The number of aryl methyl sites for hydroxylation is 2. The van der Waals surface area contributed by atoms with E-state index < -0.39 is 0 Å². The van der Waals surface area contributed by atoms with Crippen LogP contribution in [0.2, 0.25) is 0 Å². The fourth-order valence-corrected chi connectivity index (χ4v) is 4.53. The van der Waals surface area contributed by atoms with Crippen molar-refractivity contribution < 1.29 is 9.53 Å². The first kappa shape index (κ1) is 15.7. The largest absolute Gasteiger partial charge is 0.367 e. The molecule has 1 amide bonds. The van der Waals surface area contributed by atoms with Crippen LogP contribution >= 0.6 is 22.7 Å². The van der Waals surface area contributed by atoms with Crippen LogP contribution in [-0.4, -0.2) is 40.0 Å². The van der Waals surface area contributed by atoms with Gasteiger partial charge in [-0.3, -0.25) is 4.79 Å². The van der Waals surface area contributed by atoms with Crippen LogP contribution in [0.25, 0.3) is 10.2 Å². The SMILES string of the molecule is Cc1nc(C)c(C(=O)N2CC(OCc3nc4ccccc4s3)C2)s1. The van der Waals surface area contributed by atoms with E-state index in [0.717, 1.165) is 26.1 Å². The lowest BCUT2D eigenvalue weighted by molar-refractivity contribution is -0.0501. The minimum absolute atomic E-state index is 0.0675. The molecule has 1 fully saturated rings. The van der Waals surface area contributed by atoms with Crippen LogP contribution in [0.15, 0.2) is 24.3 Å². The second-order valence-corrected chi connectivity index (χ2v) is 8.18. The summed E-state index contributed by atoms with van der Waals surface area (Å²) in [6.07, 6.45) is 0.0929. The summed E-state index contributed by atoms with van der Waals surface area (Å²) in [6.45, 7) is 5.59. The molecule has 124 valence electrons. The molecular weight excluding hydrogens is 342 g/mol. The van der Waals surface area contributed by atoms with E-state index in [0.29, 0.717) is 19.7 Å². The average molecular weight is 359 g/mol. The van der Waals surface area contributed by atoms with Gasteiger partial charge >= 0.3 is 0 Å². The molecule has 0 radical (unpaired) electrons. The van der Waals surface area contributed by atoms with Crippen molar-refractivity contribution in [3.63, 3.8) is 0 Å². The fourth-order valence-electron chi connectivity index (χ4n) is 2.75. The lowest BCUT2D eigenvalue weighted by Crippen LogP contribution is -2.54. The zero-order valence-corrected chi connectivity index (χ0v) is 15.1. The number of ether oxygens (including phenoxy) is 1. The van der Waals surface area contributed by atoms with E-state index in [1.807, 2.05) is 36.9 Å². The number of hydrogen-bond donors (Lipinski definition) is 0. The molecule has 0 aliphatic carbocycles. The van der Waals surface area contributed by atoms with Crippen molar-refractivity contribution in [1.82, 2.24) is 14.9 Å². The number of likely N-dealkylation sites (tertiary alicyclic amines) is 1. The number of aromatic nitrogens is 2. The van der Waals surface area contributed by atoms with Gasteiger partial charge in [-0.05, 0) is 26.0 Å². The van der Waals surface area contributed by atoms with E-state index in [1.54, 1.807) is 11.3 Å². The van der Waals surface area contributed by atoms with Crippen LogP contribution in [0.5, 0.6) is 0 Å². The lowest BCUT2D eigenvalue weighted by Gasteiger charge is -2.38. The summed E-state index contributed by atoms with van der Waals surface area (Å²) in [5, 5.41) is 1.91. The molecule has 0 saturated carbocycles. The predicted octanol–water partition coefficient (Wildman–Crippen LogP) is 3.41. The van der Waals surface area contributed by atoms with E-state index >= 15 is 0 Å². The van der Waals surface area contributed by atoms with Crippen molar-refractivity contribution in [1.29, 1.82) is 0 Å². The number of thiazole rings is 2. The third kappa shape index (κ3) is 2.94. The van der Waals surface area contributed by atoms with Crippen LogP contribution in [0.1, 0.15) is 25.4 Å². The van der Waals surface area contributed by atoms with Crippen molar-refractivity contribution in [2.75, 3.05) is 13.1 Å². The Balaban J connectivity index is 1.31. The number of benzene rings is 1. The predicted molar refractivity (Wildman–Crippen MR) is 95.7 cm³/mol. The highest BCUT2D eigenvalue weighted by Gasteiger charge is 2.33. The Morgan fingerprint density at radius 3 is 2.75 bits per heavy atom. The highest BCUT2D eigenvalue weighted by Crippen LogP contribution is 2.25. The molecule has 1 aromatic carbocycles. The van der Waals surface area contributed by atoms with Gasteiger partial charge in [-0.2, -0.15) is 0 Å². The molecule has 0 spiro atoms. The van der Waals surface area contributed by atoms with Crippen molar-refractivity contribution in [3.8, 4) is 0 Å². The molecular formula is C17H17N3O2S2. The Labute approximate surface area is 147 Å². The number of fused-ring (bicyclic) bond motifs is 1. The molecule has 1 aliphatic rings. The Morgan fingerprint density at radius 2 is 2.04 bits per heavy atom. The van der Waals surface area contributed by atoms with Gasteiger partial charge in [0.2, 0.25) is 0 Å². The maximum absolute atomic E-state index is 12.4. The Bertz CT molecular complexity index is 863. The maximum atomic E-state index is 12.4. The Morgan fingerprint density at radius 1 is 1.25 bits per heavy atom. The highest BCUT2D eigenvalue weighted by molar-refractivity contribution is 7.18. The number of amides is 1. The van der Waals surface area contributed by atoms with Crippen LogP contribution in [0, 0.1) is 13.8 Å². The number of carbonyl (C=O) groups excluding carboxylic acids is 1. The molecule has 0 N–H and O–H groups in total. The molecule has 0 bridgehead atoms. The molecule has 1 saturated heterocycles. The van der Waals surface area contributed by atoms with Crippen LogP contribution in [-0.2, 0) is 11.3 Å². The average Bonchev–Trinajstić information content (AvgIpc) is 3.07. The molecule has 5 nitrogen and oxygen atoms in total. The highest BCUT2D eigenvalue weighted by atomic mass is 32.1. The van der Waals surface area contributed by atoms with Gasteiger partial charge in [0.1, 0.15) is 9.88 Å². The van der Waals surface area contributed by atoms with E-state index in [9.17, 15) is 4.79 Å². The minimum Gasteiger partial charge on any atom is -0.367 e. The van der Waals surface area contributed by atoms with E-state index in [1.165, 1.54) is 16.0 Å². The van der Waals surface area contributed by atoms with Crippen LogP contribution < -0.4 is 0 Å². The molecule has 0 unspecified atom stereocenters. The Hall–Kier alpha value is -1.83. The van der Waals surface area contributed by atoms with E-state index in [2.05, 4.69) is 16.0 Å². The second-order valence-electron chi connectivity index (χ2n) is 5.87. The summed E-state index contributed by atoms with van der Waals surface area (Å²) < 4.78 is 7.07. The Kier molecular flexibility index (Phi) is 4.07. The molecule has 7 heteroatoms. The summed E-state index contributed by atoms with van der Waals surface area (Å²) in [6, 6.07) is 8.09. The third-order valence-corrected chi connectivity index (χ3v) is 6.08. The summed E-state index contributed by atoms with van der Waals surface area (Å²) in [5.41, 5.74) is 1.84. The van der Waals surface area contributed by atoms with Gasteiger partial charge in [-0.25, -0.2) is 9.97 Å². The van der Waals surface area contributed by atoms with Crippen molar-refractivity contribution >= 4 is 38.8 Å². The van der Waals surface area contributed by atoms with Crippen molar-refractivity contribution in [2.45, 2.75) is 26.6 Å². The smallest absolute Gasteiger partial charge is 0.266 e. The summed E-state index contributed by atoms with van der Waals surface area (Å²) in [7, 11) is 0. The summed E-state index contributed by atoms with van der Waals surface area (Å²) in [5.74, 6) is 0.0675. The molecule has 2 aromatic heterocycles. The first-order valence-electron chi connectivity index (χ1n) is 7.79. The zero-order valence-electron chi connectivity index (χ0n) is 13.5. The minimum atomic E-state index is 0.0675. The molecule has 1 aliphatic heterocycles. The molecule has 3 aromatic rings. The second kappa shape index (κ2) is 6.23. The first-order chi connectivity index (χ1) is 11.6. The molecule has 3 heterocycles. The molecule has 24 heavy (non-hydrogen) atoms. The van der Waals surface area contributed by atoms with E-state index in [4.69, 9.17) is 4.74 Å². The number of para-hydroxylation sites is 1. The molecule has 0 atom stereocenters. The van der Waals surface area contributed by atoms with Gasteiger partial charge in [0.15, 0.2) is 0 Å². The number of rotatable bonds is 4. The number of hydrogen-bond acceptors (Lipinski definition) is 6. The fraction of sp³-hybridized carbons (Fsp3) is 0.353. The van der Waals surface area contributed by atoms with Crippen LogP contribution in [0.3, 0.4) is 0 Å². The van der Waals surface area contributed by atoms with Gasteiger partial charge in [0.05, 0.1) is 33.6 Å². The zero-order chi connectivity index (χ0) is 16.7. The van der Waals surface area contributed by atoms with Gasteiger partial charge in [-0.1, -0.05) is 12.1 Å². The number of carbonyl (C=O) groups is 1. The number of nitrogens with zero attached hydrogens (tertiary/aromatic N) is 3. The monoisotopic (exact) mass is 359 g/mol. The topological polar surface area (TPSA) is 55.3 Å². The molecule has 4 rings (SSSR count). The van der Waals surface area contributed by atoms with Crippen molar-refractivity contribution in [3.05, 3.63) is 44.9 Å². The van der Waals surface area contributed by atoms with Gasteiger partial charge in [0.25, 0.3) is 5.91 Å². The quantitative estimate of drug-likeness (QED) is 0.716. The van der Waals surface area contributed by atoms with Crippen LogP contribution in [0.4, 0.5) is 0 Å². The normalized spacial score (nSPS) is 15.0. The first-order valence-corrected chi connectivity index (χ1v) is 9.43. The standard InChI is InChI=1S/C17H17N3O2S2/c1-10-16(23-11(2)18-10)17(21)20-7-12(8-20)22-9-15-19-13-5-3-4-6-14(13)24-15/h3-6,12H,7-9H2,1-2H3. The maximum Gasteiger partial charge on any atom is 0.266 e. The van der Waals surface area contributed by atoms with Gasteiger partial charge < -0.3 is 9.64 Å². The van der Waals surface area contributed by atoms with E-state index in [-0.39, 0.29) is 12.0 Å². The van der Waals surface area contributed by atoms with Crippen molar-refractivity contribution in [2.24, 2.45) is 0 Å². The summed E-state index contributed by atoms with van der Waals surface area (Å²) >= 11 is 3.12.